The predicted molar refractivity (Wildman–Crippen MR) is 45.9 cm³/mol. The van der Waals surface area contributed by atoms with Gasteiger partial charge in [0.15, 0.2) is 0 Å². The van der Waals surface area contributed by atoms with Crippen molar-refractivity contribution in [3.63, 3.8) is 0 Å². The zero-order chi connectivity index (χ0) is 8.15. The lowest BCUT2D eigenvalue weighted by molar-refractivity contribution is -0.120. The van der Waals surface area contributed by atoms with E-state index in [0.717, 1.165) is 12.8 Å². The van der Waals surface area contributed by atoms with E-state index in [-0.39, 0.29) is 11.8 Å². The fourth-order valence-electron chi connectivity index (χ4n) is 0.835. The summed E-state index contributed by atoms with van der Waals surface area (Å²) >= 11 is 4.86. The van der Waals surface area contributed by atoms with Crippen LogP contribution in [0.2, 0.25) is 0 Å². The van der Waals surface area contributed by atoms with Gasteiger partial charge in [0.25, 0.3) is 0 Å². The molecule has 0 heterocycles. The van der Waals surface area contributed by atoms with Gasteiger partial charge in [-0.05, 0) is 13.3 Å². The maximum atomic E-state index is 10.7. The molecule has 0 aliphatic rings. The highest BCUT2D eigenvalue weighted by Crippen LogP contribution is 2.07. The molecule has 3 heteroatoms. The maximum Gasteiger partial charge on any atom is 0.225 e. The summed E-state index contributed by atoms with van der Waals surface area (Å²) in [5.74, 6) is -0.491. The zero-order valence-corrected chi connectivity index (χ0v) is 7.20. The summed E-state index contributed by atoms with van der Waals surface area (Å²) in [6.45, 7) is 3.77. The van der Waals surface area contributed by atoms with Gasteiger partial charge in [0, 0.05) is 4.86 Å². The standard InChI is InChI=1S/C7H13NOS/c1-3-4-6(5(2)10)7(8)9/h6H,3-4H2,1-2H3,(H2,8,9). The molecule has 0 aromatic carbocycles. The Balaban J connectivity index is 3.98. The summed E-state index contributed by atoms with van der Waals surface area (Å²) in [6, 6.07) is 0. The van der Waals surface area contributed by atoms with E-state index in [0.29, 0.717) is 4.86 Å². The first-order chi connectivity index (χ1) is 4.59. The third-order valence-corrected chi connectivity index (χ3v) is 1.70. The number of carbonyl (C=O) groups is 1. The average molecular weight is 159 g/mol. The van der Waals surface area contributed by atoms with Crippen molar-refractivity contribution in [2.45, 2.75) is 26.7 Å². The molecule has 0 aliphatic heterocycles. The van der Waals surface area contributed by atoms with Crippen LogP contribution in [0.25, 0.3) is 0 Å². The number of nitrogens with two attached hydrogens (primary N) is 1. The van der Waals surface area contributed by atoms with Crippen LogP contribution < -0.4 is 5.73 Å². The van der Waals surface area contributed by atoms with E-state index in [2.05, 4.69) is 0 Å². The molecular formula is C7H13NOS. The van der Waals surface area contributed by atoms with Crippen molar-refractivity contribution < 1.29 is 4.79 Å². The van der Waals surface area contributed by atoms with Crippen LogP contribution in [0.3, 0.4) is 0 Å². The zero-order valence-electron chi connectivity index (χ0n) is 6.39. The molecule has 0 rings (SSSR count). The normalized spacial score (nSPS) is 12.6. The van der Waals surface area contributed by atoms with Crippen LogP contribution >= 0.6 is 12.2 Å². The van der Waals surface area contributed by atoms with Crippen molar-refractivity contribution >= 4 is 23.0 Å². The van der Waals surface area contributed by atoms with Crippen LogP contribution in [0.4, 0.5) is 0 Å². The van der Waals surface area contributed by atoms with Gasteiger partial charge in [-0.2, -0.15) is 0 Å². The van der Waals surface area contributed by atoms with Crippen LogP contribution in [-0.2, 0) is 4.79 Å². The lowest BCUT2D eigenvalue weighted by atomic mass is 10.0. The monoisotopic (exact) mass is 159 g/mol. The lowest BCUT2D eigenvalue weighted by Gasteiger charge is -2.08. The summed E-state index contributed by atoms with van der Waals surface area (Å²) in [5.41, 5.74) is 5.10. The van der Waals surface area contributed by atoms with Gasteiger partial charge in [-0.3, -0.25) is 4.79 Å². The molecule has 2 N–H and O–H groups in total. The van der Waals surface area contributed by atoms with Gasteiger partial charge in [0.1, 0.15) is 0 Å². The molecule has 0 bridgehead atoms. The Labute approximate surface area is 66.8 Å². The molecule has 1 unspecified atom stereocenters. The van der Waals surface area contributed by atoms with E-state index in [1.165, 1.54) is 0 Å². The summed E-state index contributed by atoms with van der Waals surface area (Å²) < 4.78 is 0. The second-order valence-corrected chi connectivity index (χ2v) is 3.00. The van der Waals surface area contributed by atoms with Crippen LogP contribution in [-0.4, -0.2) is 10.8 Å². The van der Waals surface area contributed by atoms with Gasteiger partial charge in [0.05, 0.1) is 5.92 Å². The summed E-state index contributed by atoms with van der Waals surface area (Å²) in [4.78, 5) is 11.4. The molecular weight excluding hydrogens is 146 g/mol. The number of thiocarbonyl (C=S) groups is 1. The molecule has 0 saturated heterocycles. The molecule has 2 nitrogen and oxygen atoms in total. The number of primary amides is 1. The first-order valence-electron chi connectivity index (χ1n) is 3.39. The molecule has 10 heavy (non-hydrogen) atoms. The average Bonchev–Trinajstić information content (AvgIpc) is 1.81. The van der Waals surface area contributed by atoms with Gasteiger partial charge in [-0.25, -0.2) is 0 Å². The Bertz CT molecular complexity index is 131. The Morgan fingerprint density at radius 2 is 2.20 bits per heavy atom. The lowest BCUT2D eigenvalue weighted by Crippen LogP contribution is -2.27. The van der Waals surface area contributed by atoms with Gasteiger partial charge in [-0.15, -0.1) is 0 Å². The molecule has 0 saturated carbocycles. The first kappa shape index (κ1) is 9.56. The number of amides is 1. The minimum absolute atomic E-state index is 0.194. The molecule has 0 fully saturated rings. The van der Waals surface area contributed by atoms with Crippen molar-refractivity contribution in [2.75, 3.05) is 0 Å². The number of rotatable bonds is 4. The van der Waals surface area contributed by atoms with E-state index < -0.39 is 0 Å². The molecule has 0 aromatic heterocycles. The van der Waals surface area contributed by atoms with Crippen LogP contribution in [0.1, 0.15) is 26.7 Å². The second kappa shape index (κ2) is 4.39. The molecule has 0 aliphatic carbocycles. The summed E-state index contributed by atoms with van der Waals surface area (Å²) in [6.07, 6.45) is 1.73. The van der Waals surface area contributed by atoms with Gasteiger partial charge in [0.2, 0.25) is 5.91 Å². The SMILES string of the molecule is CCCC(C(N)=O)C(C)=S. The van der Waals surface area contributed by atoms with Crippen LogP contribution in [0.15, 0.2) is 0 Å². The summed E-state index contributed by atoms with van der Waals surface area (Å²) in [5, 5.41) is 0. The summed E-state index contributed by atoms with van der Waals surface area (Å²) in [7, 11) is 0. The Kier molecular flexibility index (Phi) is 4.19. The Morgan fingerprint density at radius 1 is 1.70 bits per heavy atom. The highest BCUT2D eigenvalue weighted by molar-refractivity contribution is 7.80. The molecule has 0 radical (unpaired) electrons. The van der Waals surface area contributed by atoms with Gasteiger partial charge in [-0.1, -0.05) is 25.6 Å². The number of hydrogen-bond acceptors (Lipinski definition) is 2. The highest BCUT2D eigenvalue weighted by atomic mass is 32.1. The van der Waals surface area contributed by atoms with Crippen molar-refractivity contribution in [1.82, 2.24) is 0 Å². The van der Waals surface area contributed by atoms with E-state index in [9.17, 15) is 4.79 Å². The van der Waals surface area contributed by atoms with Crippen LogP contribution in [0, 0.1) is 5.92 Å². The Hall–Kier alpha value is -0.440. The Morgan fingerprint density at radius 3 is 2.30 bits per heavy atom. The van der Waals surface area contributed by atoms with E-state index >= 15 is 0 Å². The molecule has 0 aromatic rings. The molecule has 1 atom stereocenters. The van der Waals surface area contributed by atoms with E-state index in [4.69, 9.17) is 18.0 Å². The molecule has 1 amide bonds. The van der Waals surface area contributed by atoms with Crippen molar-refractivity contribution in [1.29, 1.82) is 0 Å². The topological polar surface area (TPSA) is 43.1 Å². The number of carbonyl (C=O) groups excluding carboxylic acids is 1. The van der Waals surface area contributed by atoms with Crippen molar-refractivity contribution in [3.8, 4) is 0 Å². The van der Waals surface area contributed by atoms with Crippen molar-refractivity contribution in [3.05, 3.63) is 0 Å². The smallest absolute Gasteiger partial charge is 0.225 e. The largest absolute Gasteiger partial charge is 0.369 e. The highest BCUT2D eigenvalue weighted by Gasteiger charge is 2.15. The quantitative estimate of drug-likeness (QED) is 0.628. The third kappa shape index (κ3) is 2.92. The second-order valence-electron chi connectivity index (χ2n) is 2.35. The minimum Gasteiger partial charge on any atom is -0.369 e. The third-order valence-electron chi connectivity index (χ3n) is 1.41. The van der Waals surface area contributed by atoms with Crippen LogP contribution in [0.5, 0.6) is 0 Å². The molecule has 58 valence electrons. The van der Waals surface area contributed by atoms with Crippen molar-refractivity contribution in [2.24, 2.45) is 11.7 Å². The fourth-order valence-corrected chi connectivity index (χ4v) is 1.07. The predicted octanol–water partition coefficient (Wildman–Crippen LogP) is 1.28. The maximum absolute atomic E-state index is 10.7. The van der Waals surface area contributed by atoms with E-state index in [1.54, 1.807) is 6.92 Å². The fraction of sp³-hybridized carbons (Fsp3) is 0.714. The number of hydrogen-bond donors (Lipinski definition) is 1. The first-order valence-corrected chi connectivity index (χ1v) is 3.80. The van der Waals surface area contributed by atoms with E-state index in [1.807, 2.05) is 6.92 Å². The minimum atomic E-state index is -0.297. The van der Waals surface area contributed by atoms with Gasteiger partial charge >= 0.3 is 0 Å². The molecule has 0 spiro atoms. The van der Waals surface area contributed by atoms with Gasteiger partial charge < -0.3 is 5.73 Å².